The summed E-state index contributed by atoms with van der Waals surface area (Å²) in [6.07, 6.45) is 1.24. The number of nitrogens with one attached hydrogen (secondary N) is 1. The van der Waals surface area contributed by atoms with Crippen LogP contribution in [-0.4, -0.2) is 13.4 Å². The Bertz CT molecular complexity index is 850. The lowest BCUT2D eigenvalue weighted by molar-refractivity contribution is 0.526. The average molecular weight is 323 g/mol. The van der Waals surface area contributed by atoms with Gasteiger partial charge in [-0.2, -0.15) is 0 Å². The molecule has 1 aromatic carbocycles. The molecular weight excluding hydrogens is 310 g/mol. The van der Waals surface area contributed by atoms with Gasteiger partial charge in [-0.05, 0) is 19.1 Å². The number of para-hydroxylation sites is 1. The van der Waals surface area contributed by atoms with E-state index in [0.717, 1.165) is 28.1 Å². The highest BCUT2D eigenvalue weighted by Gasteiger charge is 2.16. The number of hydrogen-bond acceptors (Lipinski definition) is 6. The first-order valence-electron chi connectivity index (χ1n) is 6.17. The standard InChI is InChI=1S/C13H13N3O3S2/c1-8(11-6-9-4-2-3-5-10(9)19-11)16-13-15-7-12(20-13)21(14,17)18/h2-8H,1H3,(H,15,16)(H2,14,17,18). The number of aromatic nitrogens is 1. The van der Waals surface area contributed by atoms with Crippen LogP contribution >= 0.6 is 11.3 Å². The number of fused-ring (bicyclic) bond motifs is 1. The van der Waals surface area contributed by atoms with Gasteiger partial charge in [-0.25, -0.2) is 18.5 Å². The molecular formula is C13H13N3O3S2. The molecule has 3 N–H and O–H groups in total. The first-order valence-corrected chi connectivity index (χ1v) is 8.53. The van der Waals surface area contributed by atoms with Crippen molar-refractivity contribution in [3.05, 3.63) is 42.3 Å². The smallest absolute Gasteiger partial charge is 0.249 e. The van der Waals surface area contributed by atoms with Crippen LogP contribution in [0.5, 0.6) is 0 Å². The SMILES string of the molecule is CC(Nc1ncc(S(N)(=O)=O)s1)c1cc2ccccc2o1. The molecule has 0 fully saturated rings. The maximum absolute atomic E-state index is 11.2. The predicted octanol–water partition coefficient (Wildman–Crippen LogP) is 2.71. The molecule has 21 heavy (non-hydrogen) atoms. The van der Waals surface area contributed by atoms with E-state index in [4.69, 9.17) is 9.56 Å². The van der Waals surface area contributed by atoms with Crippen molar-refractivity contribution in [3.8, 4) is 0 Å². The molecule has 2 aromatic heterocycles. The lowest BCUT2D eigenvalue weighted by atomic mass is 10.2. The van der Waals surface area contributed by atoms with E-state index in [-0.39, 0.29) is 10.3 Å². The van der Waals surface area contributed by atoms with E-state index in [1.807, 2.05) is 37.3 Å². The van der Waals surface area contributed by atoms with Gasteiger partial charge in [0.2, 0.25) is 10.0 Å². The topological polar surface area (TPSA) is 98.2 Å². The highest BCUT2D eigenvalue weighted by molar-refractivity contribution is 7.91. The summed E-state index contributed by atoms with van der Waals surface area (Å²) < 4.78 is 28.2. The van der Waals surface area contributed by atoms with Crippen molar-refractivity contribution in [3.63, 3.8) is 0 Å². The molecule has 1 atom stereocenters. The van der Waals surface area contributed by atoms with Crippen LogP contribution in [0.2, 0.25) is 0 Å². The molecule has 0 aliphatic heterocycles. The molecule has 0 radical (unpaired) electrons. The van der Waals surface area contributed by atoms with Crippen LogP contribution in [0, 0.1) is 0 Å². The number of sulfonamides is 1. The third-order valence-electron chi connectivity index (χ3n) is 2.98. The van der Waals surface area contributed by atoms with Gasteiger partial charge in [-0.15, -0.1) is 0 Å². The lowest BCUT2D eigenvalue weighted by Crippen LogP contribution is -2.10. The van der Waals surface area contributed by atoms with E-state index >= 15 is 0 Å². The summed E-state index contributed by atoms with van der Waals surface area (Å²) in [5, 5.41) is 9.66. The normalized spacial score (nSPS) is 13.4. The van der Waals surface area contributed by atoms with Crippen molar-refractivity contribution in [1.82, 2.24) is 4.98 Å². The van der Waals surface area contributed by atoms with Crippen LogP contribution in [0.15, 0.2) is 45.2 Å². The van der Waals surface area contributed by atoms with E-state index in [2.05, 4.69) is 10.3 Å². The summed E-state index contributed by atoms with van der Waals surface area (Å²) in [6, 6.07) is 9.52. The average Bonchev–Trinajstić information content (AvgIpc) is 3.03. The van der Waals surface area contributed by atoms with E-state index in [1.54, 1.807) is 0 Å². The van der Waals surface area contributed by atoms with Gasteiger partial charge in [0.1, 0.15) is 11.3 Å². The molecule has 0 bridgehead atoms. The molecule has 0 spiro atoms. The van der Waals surface area contributed by atoms with Gasteiger partial charge in [-0.3, -0.25) is 0 Å². The number of furan rings is 1. The molecule has 6 nitrogen and oxygen atoms in total. The van der Waals surface area contributed by atoms with Gasteiger partial charge in [0, 0.05) is 5.39 Å². The van der Waals surface area contributed by atoms with Crippen LogP contribution in [0.1, 0.15) is 18.7 Å². The molecule has 1 unspecified atom stereocenters. The third kappa shape index (κ3) is 2.92. The molecule has 0 saturated heterocycles. The zero-order valence-electron chi connectivity index (χ0n) is 11.1. The van der Waals surface area contributed by atoms with Gasteiger partial charge in [0.25, 0.3) is 0 Å². The quantitative estimate of drug-likeness (QED) is 0.769. The fraction of sp³-hybridized carbons (Fsp3) is 0.154. The Morgan fingerprint density at radius 2 is 2.14 bits per heavy atom. The monoisotopic (exact) mass is 323 g/mol. The lowest BCUT2D eigenvalue weighted by Gasteiger charge is -2.09. The summed E-state index contributed by atoms with van der Waals surface area (Å²) in [7, 11) is -3.71. The second-order valence-electron chi connectivity index (χ2n) is 4.58. The van der Waals surface area contributed by atoms with Crippen molar-refractivity contribution >= 4 is 37.5 Å². The van der Waals surface area contributed by atoms with Crippen molar-refractivity contribution < 1.29 is 12.8 Å². The van der Waals surface area contributed by atoms with Crippen LogP contribution in [0.4, 0.5) is 5.13 Å². The van der Waals surface area contributed by atoms with Gasteiger partial charge in [-0.1, -0.05) is 29.5 Å². The number of hydrogen-bond donors (Lipinski definition) is 2. The molecule has 2 heterocycles. The maximum Gasteiger partial charge on any atom is 0.249 e. The highest BCUT2D eigenvalue weighted by Crippen LogP contribution is 2.28. The summed E-state index contributed by atoms with van der Waals surface area (Å²) in [6.45, 7) is 1.91. The maximum atomic E-state index is 11.2. The number of rotatable bonds is 4. The Morgan fingerprint density at radius 1 is 1.38 bits per heavy atom. The molecule has 0 aliphatic carbocycles. The zero-order valence-corrected chi connectivity index (χ0v) is 12.7. The molecule has 3 rings (SSSR count). The van der Waals surface area contributed by atoms with E-state index < -0.39 is 10.0 Å². The fourth-order valence-electron chi connectivity index (χ4n) is 1.93. The van der Waals surface area contributed by atoms with Gasteiger partial charge in [0.05, 0.1) is 12.2 Å². The van der Waals surface area contributed by atoms with Crippen molar-refractivity contribution in [1.29, 1.82) is 0 Å². The van der Waals surface area contributed by atoms with Gasteiger partial charge < -0.3 is 9.73 Å². The molecule has 0 amide bonds. The number of nitrogens with two attached hydrogens (primary N) is 1. The second kappa shape index (κ2) is 5.14. The van der Waals surface area contributed by atoms with Crippen LogP contribution in [0.3, 0.4) is 0 Å². The van der Waals surface area contributed by atoms with E-state index in [1.165, 1.54) is 6.20 Å². The van der Waals surface area contributed by atoms with Crippen LogP contribution in [-0.2, 0) is 10.0 Å². The van der Waals surface area contributed by atoms with Gasteiger partial charge >= 0.3 is 0 Å². The minimum atomic E-state index is -3.71. The largest absolute Gasteiger partial charge is 0.459 e. The summed E-state index contributed by atoms with van der Waals surface area (Å²) in [5.41, 5.74) is 0.811. The first kappa shape index (κ1) is 14.1. The zero-order chi connectivity index (χ0) is 15.0. The Kier molecular flexibility index (Phi) is 3.44. The van der Waals surface area contributed by atoms with Crippen molar-refractivity contribution in [2.45, 2.75) is 17.2 Å². The Morgan fingerprint density at radius 3 is 2.81 bits per heavy atom. The van der Waals surface area contributed by atoms with Crippen LogP contribution < -0.4 is 10.5 Å². The molecule has 0 aliphatic rings. The van der Waals surface area contributed by atoms with E-state index in [0.29, 0.717) is 5.13 Å². The summed E-state index contributed by atoms with van der Waals surface area (Å²) >= 11 is 0.993. The summed E-state index contributed by atoms with van der Waals surface area (Å²) in [5.74, 6) is 0.753. The number of primary sulfonamides is 1. The fourth-order valence-corrected chi connectivity index (χ4v) is 3.47. The van der Waals surface area contributed by atoms with Crippen LogP contribution in [0.25, 0.3) is 11.0 Å². The highest BCUT2D eigenvalue weighted by atomic mass is 32.2. The molecule has 0 saturated carbocycles. The summed E-state index contributed by atoms with van der Waals surface area (Å²) in [4.78, 5) is 4.01. The Labute approximate surface area is 125 Å². The number of nitrogens with zero attached hydrogens (tertiary/aromatic N) is 1. The number of thiazole rings is 1. The molecule has 3 aromatic rings. The minimum absolute atomic E-state index is 0.0295. The Hall–Kier alpha value is -1.90. The van der Waals surface area contributed by atoms with Crippen molar-refractivity contribution in [2.24, 2.45) is 5.14 Å². The minimum Gasteiger partial charge on any atom is -0.459 e. The number of anilines is 1. The van der Waals surface area contributed by atoms with Gasteiger partial charge in [0.15, 0.2) is 9.34 Å². The van der Waals surface area contributed by atoms with Crippen molar-refractivity contribution in [2.75, 3.05) is 5.32 Å². The van der Waals surface area contributed by atoms with E-state index in [9.17, 15) is 8.42 Å². The molecule has 8 heteroatoms. The third-order valence-corrected chi connectivity index (χ3v) is 5.31. The Balaban J connectivity index is 1.82. The first-order chi connectivity index (χ1) is 9.93. The number of benzene rings is 1. The second-order valence-corrected chi connectivity index (χ2v) is 7.40. The molecule has 110 valence electrons. The predicted molar refractivity (Wildman–Crippen MR) is 81.7 cm³/mol.